The van der Waals surface area contributed by atoms with Crippen LogP contribution in [0.5, 0.6) is 0 Å². The first-order chi connectivity index (χ1) is 10.7. The summed E-state index contributed by atoms with van der Waals surface area (Å²) in [5.41, 5.74) is 2.24. The van der Waals surface area contributed by atoms with E-state index < -0.39 is 5.97 Å². The van der Waals surface area contributed by atoms with Crippen molar-refractivity contribution in [2.45, 2.75) is 6.92 Å². The highest BCUT2D eigenvalue weighted by atomic mass is 16.5. The molecule has 0 aliphatic carbocycles. The van der Waals surface area contributed by atoms with Gasteiger partial charge in [-0.2, -0.15) is 4.98 Å². The number of carbonyl (C=O) groups excluding carboxylic acids is 1. The predicted octanol–water partition coefficient (Wildman–Crippen LogP) is 1.85. The largest absolute Gasteiger partial charge is 0.464 e. The molecule has 3 rings (SSSR count). The Morgan fingerprint density at radius 1 is 1.27 bits per heavy atom. The second kappa shape index (κ2) is 6.19. The van der Waals surface area contributed by atoms with Crippen molar-refractivity contribution in [2.75, 3.05) is 38.2 Å². The van der Waals surface area contributed by atoms with Crippen LogP contribution in [0.3, 0.4) is 0 Å². The SMILES string of the molecule is COC(=O)c1nc(-c2ccc(C)cc2)oc1N1CCNCC1. The smallest absolute Gasteiger partial charge is 0.362 e. The first-order valence-electron chi connectivity index (χ1n) is 7.31. The molecule has 0 atom stereocenters. The lowest BCUT2D eigenvalue weighted by molar-refractivity contribution is 0.0595. The fraction of sp³-hybridized carbons (Fsp3) is 0.375. The molecule has 0 saturated carbocycles. The van der Waals surface area contributed by atoms with Crippen LogP contribution in [0.25, 0.3) is 11.5 Å². The van der Waals surface area contributed by atoms with Crippen molar-refractivity contribution in [3.8, 4) is 11.5 Å². The normalized spacial score (nSPS) is 14.9. The summed E-state index contributed by atoms with van der Waals surface area (Å²) >= 11 is 0. The summed E-state index contributed by atoms with van der Waals surface area (Å²) in [6.07, 6.45) is 0. The Bertz CT molecular complexity index is 658. The minimum Gasteiger partial charge on any atom is -0.464 e. The van der Waals surface area contributed by atoms with Gasteiger partial charge in [0.25, 0.3) is 0 Å². The maximum Gasteiger partial charge on any atom is 0.362 e. The van der Waals surface area contributed by atoms with Crippen molar-refractivity contribution < 1.29 is 13.9 Å². The third-order valence-electron chi connectivity index (χ3n) is 3.69. The predicted molar refractivity (Wildman–Crippen MR) is 83.1 cm³/mol. The van der Waals surface area contributed by atoms with Crippen molar-refractivity contribution >= 4 is 11.9 Å². The number of oxazole rings is 1. The van der Waals surface area contributed by atoms with Gasteiger partial charge in [0.1, 0.15) is 0 Å². The zero-order valence-electron chi connectivity index (χ0n) is 12.8. The molecule has 0 bridgehead atoms. The molecule has 1 N–H and O–H groups in total. The third kappa shape index (κ3) is 2.82. The van der Waals surface area contributed by atoms with Gasteiger partial charge < -0.3 is 19.4 Å². The number of carbonyl (C=O) groups is 1. The number of rotatable bonds is 3. The molecule has 0 amide bonds. The van der Waals surface area contributed by atoms with Crippen LogP contribution in [0, 0.1) is 6.92 Å². The van der Waals surface area contributed by atoms with Crippen LogP contribution in [0.1, 0.15) is 16.1 Å². The molecule has 2 heterocycles. The van der Waals surface area contributed by atoms with Gasteiger partial charge in [-0.25, -0.2) is 4.79 Å². The van der Waals surface area contributed by atoms with Crippen molar-refractivity contribution in [2.24, 2.45) is 0 Å². The van der Waals surface area contributed by atoms with Gasteiger partial charge in [0.2, 0.25) is 17.5 Å². The van der Waals surface area contributed by atoms with Crippen LogP contribution in [0.2, 0.25) is 0 Å². The molecular weight excluding hydrogens is 282 g/mol. The number of aryl methyl sites for hydroxylation is 1. The summed E-state index contributed by atoms with van der Waals surface area (Å²) in [6, 6.07) is 7.84. The van der Waals surface area contributed by atoms with Crippen LogP contribution in [0.15, 0.2) is 28.7 Å². The molecule has 1 fully saturated rings. The molecule has 1 aromatic carbocycles. The van der Waals surface area contributed by atoms with E-state index in [0.717, 1.165) is 37.3 Å². The number of nitrogens with one attached hydrogen (secondary N) is 1. The maximum atomic E-state index is 12.0. The molecule has 6 heteroatoms. The van der Waals surface area contributed by atoms with Gasteiger partial charge in [-0.15, -0.1) is 0 Å². The van der Waals surface area contributed by atoms with E-state index in [0.29, 0.717) is 11.8 Å². The van der Waals surface area contributed by atoms with Crippen LogP contribution < -0.4 is 10.2 Å². The average Bonchev–Trinajstić information content (AvgIpc) is 3.01. The quantitative estimate of drug-likeness (QED) is 0.873. The zero-order valence-corrected chi connectivity index (χ0v) is 12.8. The maximum absolute atomic E-state index is 12.0. The third-order valence-corrected chi connectivity index (χ3v) is 3.69. The van der Waals surface area contributed by atoms with E-state index in [4.69, 9.17) is 9.15 Å². The molecule has 0 unspecified atom stereocenters. The first kappa shape index (κ1) is 14.6. The number of hydrogen-bond acceptors (Lipinski definition) is 6. The number of benzene rings is 1. The van der Waals surface area contributed by atoms with E-state index in [1.807, 2.05) is 36.1 Å². The van der Waals surface area contributed by atoms with E-state index in [1.165, 1.54) is 7.11 Å². The standard InChI is InChI=1S/C16H19N3O3/c1-11-3-5-12(6-4-11)14-18-13(16(20)21-2)15(22-14)19-9-7-17-8-10-19/h3-6,17H,7-10H2,1-2H3. The Morgan fingerprint density at radius 3 is 2.59 bits per heavy atom. The Kier molecular flexibility index (Phi) is 4.11. The summed E-state index contributed by atoms with van der Waals surface area (Å²) in [5, 5.41) is 3.27. The molecule has 1 aromatic heterocycles. The molecule has 1 aliphatic rings. The second-order valence-corrected chi connectivity index (χ2v) is 5.27. The lowest BCUT2D eigenvalue weighted by Crippen LogP contribution is -2.43. The van der Waals surface area contributed by atoms with E-state index in [2.05, 4.69) is 10.3 Å². The molecule has 0 radical (unpaired) electrons. The molecule has 22 heavy (non-hydrogen) atoms. The molecule has 1 saturated heterocycles. The van der Waals surface area contributed by atoms with Crippen LogP contribution in [-0.4, -0.2) is 44.2 Å². The Labute approximate surface area is 129 Å². The number of hydrogen-bond donors (Lipinski definition) is 1. The van der Waals surface area contributed by atoms with Crippen LogP contribution in [0.4, 0.5) is 5.88 Å². The molecule has 1 aliphatic heterocycles. The number of esters is 1. The Balaban J connectivity index is 2.00. The summed E-state index contributed by atoms with van der Waals surface area (Å²) in [7, 11) is 1.35. The Hall–Kier alpha value is -2.34. The van der Waals surface area contributed by atoms with Crippen LogP contribution in [-0.2, 0) is 4.74 Å². The molecule has 0 spiro atoms. The number of ether oxygens (including phenoxy) is 1. The lowest BCUT2D eigenvalue weighted by atomic mass is 10.1. The topological polar surface area (TPSA) is 67.6 Å². The summed E-state index contributed by atoms with van der Waals surface area (Å²) in [5.74, 6) is 0.452. The highest BCUT2D eigenvalue weighted by Gasteiger charge is 2.26. The van der Waals surface area contributed by atoms with Crippen LogP contribution >= 0.6 is 0 Å². The number of piperazine rings is 1. The average molecular weight is 301 g/mol. The van der Waals surface area contributed by atoms with Crippen molar-refractivity contribution in [1.82, 2.24) is 10.3 Å². The summed E-state index contributed by atoms with van der Waals surface area (Å²) < 4.78 is 10.7. The fourth-order valence-electron chi connectivity index (χ4n) is 2.44. The molecular formula is C16H19N3O3. The highest BCUT2D eigenvalue weighted by Crippen LogP contribution is 2.29. The molecule has 6 nitrogen and oxygen atoms in total. The van der Waals surface area contributed by atoms with Crippen molar-refractivity contribution in [3.05, 3.63) is 35.5 Å². The van der Waals surface area contributed by atoms with Crippen molar-refractivity contribution in [3.63, 3.8) is 0 Å². The number of anilines is 1. The van der Waals surface area contributed by atoms with Gasteiger partial charge >= 0.3 is 5.97 Å². The first-order valence-corrected chi connectivity index (χ1v) is 7.31. The number of nitrogens with zero attached hydrogens (tertiary/aromatic N) is 2. The van der Waals surface area contributed by atoms with E-state index in [9.17, 15) is 4.79 Å². The van der Waals surface area contributed by atoms with Gasteiger partial charge in [-0.3, -0.25) is 0 Å². The fourth-order valence-corrected chi connectivity index (χ4v) is 2.44. The van der Waals surface area contributed by atoms with E-state index in [1.54, 1.807) is 0 Å². The summed E-state index contributed by atoms with van der Waals surface area (Å²) in [4.78, 5) is 18.4. The second-order valence-electron chi connectivity index (χ2n) is 5.27. The minimum atomic E-state index is -0.476. The molecule has 116 valence electrons. The Morgan fingerprint density at radius 2 is 1.95 bits per heavy atom. The monoisotopic (exact) mass is 301 g/mol. The zero-order chi connectivity index (χ0) is 15.5. The van der Waals surface area contributed by atoms with E-state index >= 15 is 0 Å². The van der Waals surface area contributed by atoms with Gasteiger partial charge in [0.15, 0.2) is 0 Å². The van der Waals surface area contributed by atoms with Crippen molar-refractivity contribution in [1.29, 1.82) is 0 Å². The van der Waals surface area contributed by atoms with Gasteiger partial charge in [-0.05, 0) is 19.1 Å². The lowest BCUT2D eigenvalue weighted by Gasteiger charge is -2.27. The van der Waals surface area contributed by atoms with E-state index in [-0.39, 0.29) is 5.69 Å². The van der Waals surface area contributed by atoms with Gasteiger partial charge in [0, 0.05) is 31.7 Å². The number of aromatic nitrogens is 1. The summed E-state index contributed by atoms with van der Waals surface area (Å²) in [6.45, 7) is 5.26. The van der Waals surface area contributed by atoms with Gasteiger partial charge in [0.05, 0.1) is 7.11 Å². The van der Waals surface area contributed by atoms with Gasteiger partial charge in [-0.1, -0.05) is 17.7 Å². The number of methoxy groups -OCH3 is 1. The minimum absolute atomic E-state index is 0.236. The highest BCUT2D eigenvalue weighted by molar-refractivity contribution is 5.93. The molecule has 2 aromatic rings.